The zero-order chi connectivity index (χ0) is 40.2. The van der Waals surface area contributed by atoms with Gasteiger partial charge < -0.3 is 18.9 Å². The maximum absolute atomic E-state index is 13.4. The first-order valence-corrected chi connectivity index (χ1v) is 25.1. The van der Waals surface area contributed by atoms with Crippen molar-refractivity contribution in [2.24, 2.45) is 47.3 Å². The molecule has 316 valence electrons. The third kappa shape index (κ3) is 10.1. The number of nitriles is 1. The van der Waals surface area contributed by atoms with E-state index in [-0.39, 0.29) is 18.3 Å². The average Bonchev–Trinajstić information content (AvgIpc) is 3.97. The molecule has 0 saturated heterocycles. The largest absolute Gasteiger partial charge is 0.461 e. The highest BCUT2D eigenvalue weighted by atomic mass is 32.2. The van der Waals surface area contributed by atoms with E-state index in [0.717, 1.165) is 82.5 Å². The van der Waals surface area contributed by atoms with Crippen molar-refractivity contribution in [3.8, 4) is 17.6 Å². The Hall–Kier alpha value is -2.34. The normalized spacial score (nSPS) is 32.3. The van der Waals surface area contributed by atoms with Gasteiger partial charge in [0.1, 0.15) is 29.1 Å². The van der Waals surface area contributed by atoms with Gasteiger partial charge in [0.25, 0.3) is 0 Å². The number of carbonyl (C=O) groups excluding carboxylic acids is 1. The molecule has 7 aliphatic rings. The number of rotatable bonds is 13. The molecule has 8 heteroatoms. The number of ether oxygens (including phenoxy) is 4. The Labute approximate surface area is 358 Å². The number of fused-ring (bicyclic) bond motifs is 1. The topological polar surface area (TPSA) is 77.8 Å². The Kier molecular flexibility index (Phi) is 14.3. The summed E-state index contributed by atoms with van der Waals surface area (Å²) in [5.74, 6) is 9.72. The first-order valence-electron chi connectivity index (χ1n) is 23.4. The van der Waals surface area contributed by atoms with E-state index in [9.17, 15) is 10.1 Å². The quantitative estimate of drug-likeness (QED) is 0.0842. The zero-order valence-corrected chi connectivity index (χ0v) is 37.6. The number of thioether (sulfide) groups is 2. The minimum absolute atomic E-state index is 0.0316. The van der Waals surface area contributed by atoms with Crippen molar-refractivity contribution in [2.45, 2.75) is 178 Å². The number of nitrogens with zero attached hydrogens (tertiary/aromatic N) is 1. The maximum atomic E-state index is 13.4. The second kappa shape index (κ2) is 19.6. The molecule has 0 N–H and O–H groups in total. The monoisotopic (exact) mass is 827 g/mol. The standard InChI is InChI=1S/C50H69NO5S2/c1-31-8-12-34(13-9-31)36-16-20-39(21-17-36)45(38-6-5-7-38)55-43-26-27-44(48-47(43)57-50(58-48)42(30-51)49(52)54-29-28-33(3)53-4)56-46(41-24-25-41)40-22-18-37(19-23-40)35-14-10-32(2)11-15-35/h26-27,31-37,39-40H,5-25,28-29H2,1-4H3/b50-42+. The predicted octanol–water partition coefficient (Wildman–Crippen LogP) is 14.1. The van der Waals surface area contributed by atoms with Crippen LogP contribution in [0, 0.1) is 58.7 Å². The summed E-state index contributed by atoms with van der Waals surface area (Å²) in [4.78, 5) is 15.3. The predicted molar refractivity (Wildman–Crippen MR) is 234 cm³/mol. The van der Waals surface area contributed by atoms with E-state index in [1.807, 2.05) is 6.92 Å². The van der Waals surface area contributed by atoms with Crippen molar-refractivity contribution in [3.05, 3.63) is 44.6 Å². The SMILES string of the molecule is COC(C)CCOC(=O)/C(C#N)=C1\Sc2c(OC(=C3CCC3)C3CCC(C4CCC(C)CC4)CC3)ccc(OC(=C3CC3)C3CCC(C4CCC(C)CC4)CC3)c2S1. The van der Waals surface area contributed by atoms with Crippen molar-refractivity contribution in [3.63, 3.8) is 0 Å². The fraction of sp³-hybridized carbons (Fsp3) is 0.720. The van der Waals surface area contributed by atoms with Gasteiger partial charge in [0.2, 0.25) is 0 Å². The highest BCUT2D eigenvalue weighted by Gasteiger charge is 2.38. The summed E-state index contributed by atoms with van der Waals surface area (Å²) in [5, 5.41) is 10.4. The van der Waals surface area contributed by atoms with Gasteiger partial charge in [-0.15, -0.1) is 0 Å². The van der Waals surface area contributed by atoms with E-state index in [0.29, 0.717) is 22.5 Å². The van der Waals surface area contributed by atoms with Crippen LogP contribution in [0.4, 0.5) is 0 Å². The molecular formula is C50H69NO5S2. The van der Waals surface area contributed by atoms with Crippen molar-refractivity contribution in [2.75, 3.05) is 13.7 Å². The fourth-order valence-corrected chi connectivity index (χ4v) is 13.7. The third-order valence-electron chi connectivity index (χ3n) is 15.4. The number of allylic oxidation sites excluding steroid dienone is 4. The summed E-state index contributed by atoms with van der Waals surface area (Å²) in [6, 6.07) is 6.45. The molecule has 6 fully saturated rings. The molecule has 6 saturated carbocycles. The molecule has 6 nitrogen and oxygen atoms in total. The minimum Gasteiger partial charge on any atom is -0.461 e. The van der Waals surface area contributed by atoms with Crippen molar-refractivity contribution in [1.29, 1.82) is 5.26 Å². The summed E-state index contributed by atoms with van der Waals surface area (Å²) in [6.45, 7) is 7.00. The number of benzene rings is 1. The van der Waals surface area contributed by atoms with Gasteiger partial charge in [0.05, 0.1) is 26.7 Å². The van der Waals surface area contributed by atoms with Crippen LogP contribution < -0.4 is 9.47 Å². The number of methoxy groups -OCH3 is 1. The first-order chi connectivity index (χ1) is 28.3. The van der Waals surface area contributed by atoms with Gasteiger partial charge in [-0.05, 0) is 175 Å². The molecule has 0 radical (unpaired) electrons. The lowest BCUT2D eigenvalue weighted by molar-refractivity contribution is -0.139. The fourth-order valence-electron chi connectivity index (χ4n) is 11.1. The number of hydrogen-bond acceptors (Lipinski definition) is 8. The molecule has 0 aromatic heterocycles. The van der Waals surface area contributed by atoms with Gasteiger partial charge in [-0.1, -0.05) is 63.1 Å². The van der Waals surface area contributed by atoms with E-state index in [1.165, 1.54) is 155 Å². The lowest BCUT2D eigenvalue weighted by Crippen LogP contribution is -2.27. The summed E-state index contributed by atoms with van der Waals surface area (Å²) < 4.78 is 25.9. The van der Waals surface area contributed by atoms with Gasteiger partial charge in [0, 0.05) is 25.4 Å². The number of hydrogen-bond donors (Lipinski definition) is 0. The molecule has 8 rings (SSSR count). The van der Waals surface area contributed by atoms with Crippen LogP contribution in [0.2, 0.25) is 0 Å². The van der Waals surface area contributed by atoms with Gasteiger partial charge in [0.15, 0.2) is 5.57 Å². The summed E-state index contributed by atoms with van der Waals surface area (Å²) in [7, 11) is 1.65. The Morgan fingerprint density at radius 3 is 1.50 bits per heavy atom. The van der Waals surface area contributed by atoms with E-state index < -0.39 is 5.97 Å². The lowest BCUT2D eigenvalue weighted by Gasteiger charge is -2.38. The summed E-state index contributed by atoms with van der Waals surface area (Å²) in [5.41, 5.74) is 3.01. The molecule has 0 spiro atoms. The first kappa shape index (κ1) is 42.4. The van der Waals surface area contributed by atoms with Crippen LogP contribution in [0.1, 0.15) is 162 Å². The molecule has 1 aromatic carbocycles. The molecule has 0 amide bonds. The van der Waals surface area contributed by atoms with E-state index in [2.05, 4.69) is 32.0 Å². The van der Waals surface area contributed by atoms with Crippen LogP contribution in [0.3, 0.4) is 0 Å². The molecule has 1 unspecified atom stereocenters. The van der Waals surface area contributed by atoms with Crippen molar-refractivity contribution < 1.29 is 23.7 Å². The van der Waals surface area contributed by atoms with Crippen LogP contribution in [0.25, 0.3) is 0 Å². The molecule has 1 aromatic rings. The summed E-state index contributed by atoms with van der Waals surface area (Å²) in [6.07, 6.45) is 27.6. The maximum Gasteiger partial charge on any atom is 0.350 e. The highest BCUT2D eigenvalue weighted by Crippen LogP contribution is 2.60. The highest BCUT2D eigenvalue weighted by molar-refractivity contribution is 8.24. The third-order valence-corrected chi connectivity index (χ3v) is 18.1. The Morgan fingerprint density at radius 2 is 1.12 bits per heavy atom. The Bertz CT molecular complexity index is 1750. The zero-order valence-electron chi connectivity index (χ0n) is 35.9. The van der Waals surface area contributed by atoms with E-state index in [4.69, 9.17) is 18.9 Å². The lowest BCUT2D eigenvalue weighted by atomic mass is 9.68. The molecule has 0 bridgehead atoms. The van der Waals surface area contributed by atoms with Crippen LogP contribution in [-0.4, -0.2) is 25.8 Å². The smallest absolute Gasteiger partial charge is 0.350 e. The second-order valence-corrected chi connectivity index (χ2v) is 21.7. The Balaban J connectivity index is 1.03. The van der Waals surface area contributed by atoms with E-state index >= 15 is 0 Å². The van der Waals surface area contributed by atoms with Crippen LogP contribution >= 0.6 is 23.5 Å². The van der Waals surface area contributed by atoms with Crippen LogP contribution in [-0.2, 0) is 14.3 Å². The summed E-state index contributed by atoms with van der Waals surface area (Å²) >= 11 is 2.96. The van der Waals surface area contributed by atoms with Crippen LogP contribution in [0.5, 0.6) is 11.5 Å². The van der Waals surface area contributed by atoms with Gasteiger partial charge in [-0.25, -0.2) is 4.79 Å². The van der Waals surface area contributed by atoms with Gasteiger partial charge in [-0.3, -0.25) is 0 Å². The van der Waals surface area contributed by atoms with Crippen molar-refractivity contribution >= 4 is 29.5 Å². The molecule has 6 aliphatic carbocycles. The second-order valence-electron chi connectivity index (χ2n) is 19.4. The average molecular weight is 828 g/mol. The van der Waals surface area contributed by atoms with Crippen LogP contribution in [0.15, 0.2) is 54.4 Å². The number of esters is 1. The van der Waals surface area contributed by atoms with Gasteiger partial charge in [-0.2, -0.15) is 5.26 Å². The van der Waals surface area contributed by atoms with Crippen molar-refractivity contribution in [1.82, 2.24) is 0 Å². The molecule has 58 heavy (non-hydrogen) atoms. The molecule has 1 aliphatic heterocycles. The Morgan fingerprint density at radius 1 is 0.690 bits per heavy atom. The molecular weight excluding hydrogens is 759 g/mol. The molecule has 1 heterocycles. The van der Waals surface area contributed by atoms with E-state index in [1.54, 1.807) is 7.11 Å². The molecule has 1 atom stereocenters. The van der Waals surface area contributed by atoms with Gasteiger partial charge >= 0.3 is 5.97 Å². The number of carbonyl (C=O) groups is 1. The minimum atomic E-state index is -0.579.